The Balaban J connectivity index is 2.06. The Morgan fingerprint density at radius 3 is 3.00 bits per heavy atom. The lowest BCUT2D eigenvalue weighted by molar-refractivity contribution is 0.159. The Morgan fingerprint density at radius 1 is 1.70 bits per heavy atom. The van der Waals surface area contributed by atoms with Gasteiger partial charge in [-0.15, -0.1) is 0 Å². The molecule has 1 unspecified atom stereocenters. The van der Waals surface area contributed by atoms with E-state index in [4.69, 9.17) is 5.21 Å². The minimum absolute atomic E-state index is 0.735. The van der Waals surface area contributed by atoms with Gasteiger partial charge >= 0.3 is 0 Å². The molecule has 0 amide bonds. The third kappa shape index (κ3) is 2.25. The molecule has 1 heterocycles. The Morgan fingerprint density at radius 2 is 2.50 bits per heavy atom. The lowest BCUT2D eigenvalue weighted by Crippen LogP contribution is -2.17. The topological polar surface area (TPSA) is 35.5 Å². The van der Waals surface area contributed by atoms with Gasteiger partial charge in [0.15, 0.2) is 0 Å². The quantitative estimate of drug-likeness (QED) is 0.559. The number of likely N-dealkylation sites (tertiary alicyclic amines) is 1. The highest BCUT2D eigenvalue weighted by molar-refractivity contribution is 4.72. The Labute approximate surface area is 62.0 Å². The molecule has 3 heteroatoms. The Hall–Kier alpha value is -0.120. The van der Waals surface area contributed by atoms with E-state index in [1.165, 1.54) is 19.5 Å². The fraction of sp³-hybridized carbons (Fsp3) is 1.00. The van der Waals surface area contributed by atoms with Crippen LogP contribution < -0.4 is 5.48 Å². The molecule has 0 aromatic heterocycles. The van der Waals surface area contributed by atoms with Gasteiger partial charge in [0.2, 0.25) is 0 Å². The van der Waals surface area contributed by atoms with E-state index in [9.17, 15) is 0 Å². The summed E-state index contributed by atoms with van der Waals surface area (Å²) in [4.78, 5) is 2.34. The van der Waals surface area contributed by atoms with E-state index in [1.807, 2.05) is 0 Å². The lowest BCUT2D eigenvalue weighted by atomic mass is 10.1. The molecule has 0 radical (unpaired) electrons. The summed E-state index contributed by atoms with van der Waals surface area (Å²) >= 11 is 0. The van der Waals surface area contributed by atoms with Crippen LogP contribution in [0.1, 0.15) is 12.8 Å². The number of hydroxylamine groups is 1. The molecule has 0 spiro atoms. The van der Waals surface area contributed by atoms with E-state index in [2.05, 4.69) is 17.4 Å². The predicted octanol–water partition coefficient (Wildman–Crippen LogP) is 0.307. The van der Waals surface area contributed by atoms with Gasteiger partial charge in [0.1, 0.15) is 0 Å². The van der Waals surface area contributed by atoms with Crippen LogP contribution in [0, 0.1) is 5.92 Å². The molecule has 3 nitrogen and oxygen atoms in total. The van der Waals surface area contributed by atoms with Crippen molar-refractivity contribution in [3.8, 4) is 0 Å². The summed E-state index contributed by atoms with van der Waals surface area (Å²) in [5.74, 6) is 0.796. The summed E-state index contributed by atoms with van der Waals surface area (Å²) in [6.07, 6.45) is 2.39. The van der Waals surface area contributed by atoms with Crippen molar-refractivity contribution in [2.24, 2.45) is 5.92 Å². The molecule has 0 aliphatic carbocycles. The van der Waals surface area contributed by atoms with Gasteiger partial charge < -0.3 is 10.1 Å². The van der Waals surface area contributed by atoms with Gasteiger partial charge in [-0.1, -0.05) is 0 Å². The van der Waals surface area contributed by atoms with E-state index in [0.717, 1.165) is 18.9 Å². The van der Waals surface area contributed by atoms with E-state index in [1.54, 1.807) is 0 Å². The number of hydrogen-bond acceptors (Lipinski definition) is 3. The molecule has 1 fully saturated rings. The summed E-state index contributed by atoms with van der Waals surface area (Å²) < 4.78 is 0. The fourth-order valence-corrected chi connectivity index (χ4v) is 1.53. The van der Waals surface area contributed by atoms with Gasteiger partial charge in [-0.05, 0) is 32.4 Å². The summed E-state index contributed by atoms with van der Waals surface area (Å²) in [6.45, 7) is 3.15. The molecule has 1 aliphatic heterocycles. The highest BCUT2D eigenvalue weighted by Gasteiger charge is 2.18. The maximum Gasteiger partial charge on any atom is 0.0210 e. The second-order valence-corrected chi connectivity index (χ2v) is 3.11. The Bertz CT molecular complexity index is 97.6. The SMILES string of the molecule is CN1CCC(CCNO)C1. The summed E-state index contributed by atoms with van der Waals surface area (Å²) in [7, 11) is 2.15. The van der Waals surface area contributed by atoms with Crippen LogP contribution in [0.15, 0.2) is 0 Å². The van der Waals surface area contributed by atoms with Crippen molar-refractivity contribution in [1.82, 2.24) is 10.4 Å². The van der Waals surface area contributed by atoms with Gasteiger partial charge in [0.25, 0.3) is 0 Å². The van der Waals surface area contributed by atoms with Crippen LogP contribution in [0.4, 0.5) is 0 Å². The van der Waals surface area contributed by atoms with Gasteiger partial charge in [-0.25, -0.2) is 5.48 Å². The first kappa shape index (κ1) is 7.98. The second kappa shape index (κ2) is 3.91. The van der Waals surface area contributed by atoms with Crippen LogP contribution in [0.25, 0.3) is 0 Å². The second-order valence-electron chi connectivity index (χ2n) is 3.11. The van der Waals surface area contributed by atoms with Crippen LogP contribution in [-0.2, 0) is 0 Å². The van der Waals surface area contributed by atoms with E-state index in [-0.39, 0.29) is 0 Å². The maximum atomic E-state index is 8.33. The first-order valence-electron chi connectivity index (χ1n) is 3.88. The number of hydrogen-bond donors (Lipinski definition) is 2. The highest BCUT2D eigenvalue weighted by Crippen LogP contribution is 2.16. The minimum atomic E-state index is 0.735. The van der Waals surface area contributed by atoms with Gasteiger partial charge in [0.05, 0.1) is 0 Å². The molecule has 2 N–H and O–H groups in total. The molecule has 0 saturated carbocycles. The highest BCUT2D eigenvalue weighted by atomic mass is 16.5. The first-order chi connectivity index (χ1) is 4.83. The molecule has 60 valence electrons. The Kier molecular flexibility index (Phi) is 3.12. The third-order valence-electron chi connectivity index (χ3n) is 2.15. The van der Waals surface area contributed by atoms with Crippen molar-refractivity contribution in [2.75, 3.05) is 26.7 Å². The normalized spacial score (nSPS) is 27.6. The van der Waals surface area contributed by atoms with Crippen molar-refractivity contribution in [3.05, 3.63) is 0 Å². The molecule has 1 aliphatic rings. The van der Waals surface area contributed by atoms with E-state index >= 15 is 0 Å². The molecule has 0 aromatic rings. The van der Waals surface area contributed by atoms with Crippen molar-refractivity contribution >= 4 is 0 Å². The van der Waals surface area contributed by atoms with E-state index < -0.39 is 0 Å². The molecule has 1 rings (SSSR count). The smallest absolute Gasteiger partial charge is 0.0210 e. The summed E-state index contributed by atoms with van der Waals surface area (Å²) in [5.41, 5.74) is 2.19. The summed E-state index contributed by atoms with van der Waals surface area (Å²) in [5, 5.41) is 8.33. The molecule has 10 heavy (non-hydrogen) atoms. The lowest BCUT2D eigenvalue weighted by Gasteiger charge is -2.08. The van der Waals surface area contributed by atoms with Crippen LogP contribution in [0.5, 0.6) is 0 Å². The number of rotatable bonds is 3. The van der Waals surface area contributed by atoms with E-state index in [0.29, 0.717) is 0 Å². The zero-order valence-corrected chi connectivity index (χ0v) is 6.51. The standard InChI is InChI=1S/C7H16N2O/c1-9-5-3-7(6-9)2-4-8-10/h7-8,10H,2-6H2,1H3. The van der Waals surface area contributed by atoms with Crippen molar-refractivity contribution in [1.29, 1.82) is 0 Å². The van der Waals surface area contributed by atoms with Crippen molar-refractivity contribution in [2.45, 2.75) is 12.8 Å². The van der Waals surface area contributed by atoms with Gasteiger partial charge in [0, 0.05) is 13.1 Å². The fourth-order valence-electron chi connectivity index (χ4n) is 1.53. The largest absolute Gasteiger partial charge is 0.317 e. The third-order valence-corrected chi connectivity index (χ3v) is 2.15. The molecular weight excluding hydrogens is 128 g/mol. The summed E-state index contributed by atoms with van der Waals surface area (Å²) in [6, 6.07) is 0. The predicted molar refractivity (Wildman–Crippen MR) is 40.0 cm³/mol. The molecule has 0 aromatic carbocycles. The maximum absolute atomic E-state index is 8.33. The van der Waals surface area contributed by atoms with Gasteiger partial charge in [-0.2, -0.15) is 0 Å². The number of nitrogens with one attached hydrogen (secondary N) is 1. The number of nitrogens with zero attached hydrogens (tertiary/aromatic N) is 1. The molecule has 0 bridgehead atoms. The van der Waals surface area contributed by atoms with Crippen LogP contribution >= 0.6 is 0 Å². The zero-order valence-electron chi connectivity index (χ0n) is 6.51. The van der Waals surface area contributed by atoms with Crippen molar-refractivity contribution in [3.63, 3.8) is 0 Å². The van der Waals surface area contributed by atoms with Crippen LogP contribution in [0.2, 0.25) is 0 Å². The average molecular weight is 144 g/mol. The molecule has 1 atom stereocenters. The average Bonchev–Trinajstić information content (AvgIpc) is 2.31. The molecular formula is C7H16N2O. The monoisotopic (exact) mass is 144 g/mol. The first-order valence-corrected chi connectivity index (χ1v) is 3.88. The minimum Gasteiger partial charge on any atom is -0.317 e. The molecule has 1 saturated heterocycles. The zero-order chi connectivity index (χ0) is 7.40. The van der Waals surface area contributed by atoms with Crippen LogP contribution in [0.3, 0.4) is 0 Å². The van der Waals surface area contributed by atoms with Gasteiger partial charge in [-0.3, -0.25) is 0 Å². The van der Waals surface area contributed by atoms with Crippen molar-refractivity contribution < 1.29 is 5.21 Å². The van der Waals surface area contributed by atoms with Crippen LogP contribution in [-0.4, -0.2) is 36.8 Å².